The van der Waals surface area contributed by atoms with Crippen molar-refractivity contribution in [2.24, 2.45) is 0 Å². The van der Waals surface area contributed by atoms with Crippen LogP contribution in [-0.2, 0) is 13.1 Å². The second kappa shape index (κ2) is 10.6. The summed E-state index contributed by atoms with van der Waals surface area (Å²) >= 11 is 0. The molecule has 1 aliphatic heterocycles. The Kier molecular flexibility index (Phi) is 7.85. The van der Waals surface area contributed by atoms with Crippen LogP contribution in [-0.4, -0.2) is 48.1 Å². The number of nitrogens with one attached hydrogen (secondary N) is 1. The minimum Gasteiger partial charge on any atom is -0.491 e. The predicted molar refractivity (Wildman–Crippen MR) is 117 cm³/mol. The summed E-state index contributed by atoms with van der Waals surface area (Å²) in [5.41, 5.74) is 1.26. The second-order valence-electron chi connectivity index (χ2n) is 8.37. The third-order valence-electron chi connectivity index (χ3n) is 5.48. The Morgan fingerprint density at radius 2 is 1.84 bits per heavy atom. The van der Waals surface area contributed by atoms with Crippen LogP contribution in [0.5, 0.6) is 5.75 Å². The average Bonchev–Trinajstić information content (AvgIpc) is 2.73. The first-order valence-corrected chi connectivity index (χ1v) is 10.7. The van der Waals surface area contributed by atoms with Crippen LogP contribution in [0.4, 0.5) is 13.6 Å². The Morgan fingerprint density at radius 1 is 1.16 bits per heavy atom. The van der Waals surface area contributed by atoms with Gasteiger partial charge in [0.25, 0.3) is 0 Å². The quantitative estimate of drug-likeness (QED) is 0.699. The lowest BCUT2D eigenvalue weighted by Gasteiger charge is -2.37. The number of likely N-dealkylation sites (tertiary alicyclic amines) is 1. The second-order valence-corrected chi connectivity index (χ2v) is 8.37. The molecule has 3 rings (SSSR count). The molecule has 0 spiro atoms. The van der Waals surface area contributed by atoms with Crippen LogP contribution in [0.25, 0.3) is 0 Å². The molecule has 31 heavy (non-hydrogen) atoms. The summed E-state index contributed by atoms with van der Waals surface area (Å²) in [5.74, 6) is -0.474. The van der Waals surface area contributed by atoms with Gasteiger partial charge in [-0.15, -0.1) is 0 Å². The van der Waals surface area contributed by atoms with Gasteiger partial charge in [0.15, 0.2) is 0 Å². The van der Waals surface area contributed by atoms with Gasteiger partial charge in [0.1, 0.15) is 17.4 Å². The number of hydrogen-bond acceptors (Lipinski definition) is 3. The van der Waals surface area contributed by atoms with Gasteiger partial charge in [0.05, 0.1) is 12.6 Å². The van der Waals surface area contributed by atoms with Crippen molar-refractivity contribution in [3.05, 3.63) is 65.2 Å². The van der Waals surface area contributed by atoms with Gasteiger partial charge in [-0.25, -0.2) is 13.6 Å². The van der Waals surface area contributed by atoms with E-state index in [1.165, 1.54) is 12.1 Å². The third kappa shape index (κ3) is 6.66. The molecule has 1 N–H and O–H groups in total. The summed E-state index contributed by atoms with van der Waals surface area (Å²) < 4.78 is 33.2. The lowest BCUT2D eigenvalue weighted by molar-refractivity contribution is 0.126. The number of piperidine rings is 1. The minimum absolute atomic E-state index is 0.00229. The minimum atomic E-state index is -0.633. The molecule has 0 bridgehead atoms. The standard InChI is InChI=1S/C24H31F2N3O2/c1-17(2)31-22-8-4-18(5-9-22)15-27-24(30)29(21-10-12-28(3)13-11-21)16-19-6-7-20(25)14-23(19)26/h4-9,14,17,21H,10-13,15-16H2,1-3H3,(H,27,30). The SMILES string of the molecule is CC(C)Oc1ccc(CNC(=O)N(Cc2ccc(F)cc2F)C2CCN(C)CC2)cc1. The van der Waals surface area contributed by atoms with E-state index >= 15 is 0 Å². The summed E-state index contributed by atoms with van der Waals surface area (Å²) in [7, 11) is 2.05. The van der Waals surface area contributed by atoms with Gasteiger partial charge < -0.3 is 19.9 Å². The van der Waals surface area contributed by atoms with E-state index in [0.717, 1.165) is 43.3 Å². The third-order valence-corrected chi connectivity index (χ3v) is 5.48. The number of benzene rings is 2. The molecule has 0 atom stereocenters. The number of rotatable bonds is 7. The molecule has 2 aromatic rings. The van der Waals surface area contributed by atoms with Crippen molar-refractivity contribution < 1.29 is 18.3 Å². The molecule has 1 heterocycles. The molecule has 1 aliphatic rings. The largest absolute Gasteiger partial charge is 0.491 e. The number of ether oxygens (including phenoxy) is 1. The number of carbonyl (C=O) groups is 1. The fourth-order valence-corrected chi connectivity index (χ4v) is 3.74. The Bertz CT molecular complexity index is 866. The van der Waals surface area contributed by atoms with Gasteiger partial charge >= 0.3 is 6.03 Å². The molecule has 1 saturated heterocycles. The highest BCUT2D eigenvalue weighted by atomic mass is 19.1. The van der Waals surface area contributed by atoms with Gasteiger partial charge in [0.2, 0.25) is 0 Å². The first kappa shape index (κ1) is 23.0. The average molecular weight is 432 g/mol. The maximum atomic E-state index is 14.3. The Balaban J connectivity index is 1.68. The van der Waals surface area contributed by atoms with Crippen LogP contribution in [0, 0.1) is 11.6 Å². The number of hydrogen-bond donors (Lipinski definition) is 1. The van der Waals surface area contributed by atoms with Crippen molar-refractivity contribution in [1.82, 2.24) is 15.1 Å². The first-order valence-electron chi connectivity index (χ1n) is 10.7. The summed E-state index contributed by atoms with van der Waals surface area (Å²) in [5, 5.41) is 2.95. The Morgan fingerprint density at radius 3 is 2.45 bits per heavy atom. The van der Waals surface area contributed by atoms with Gasteiger partial charge in [-0.1, -0.05) is 18.2 Å². The maximum absolute atomic E-state index is 14.3. The molecule has 168 valence electrons. The van der Waals surface area contributed by atoms with E-state index in [9.17, 15) is 13.6 Å². The number of nitrogens with zero attached hydrogens (tertiary/aromatic N) is 2. The molecule has 5 nitrogen and oxygen atoms in total. The lowest BCUT2D eigenvalue weighted by Crippen LogP contribution is -2.49. The van der Waals surface area contributed by atoms with Crippen molar-refractivity contribution in [2.75, 3.05) is 20.1 Å². The van der Waals surface area contributed by atoms with Crippen LogP contribution in [0.15, 0.2) is 42.5 Å². The lowest BCUT2D eigenvalue weighted by atomic mass is 10.0. The normalized spacial score (nSPS) is 15.2. The number of halogens is 2. The molecule has 0 aromatic heterocycles. The van der Waals surface area contributed by atoms with Crippen molar-refractivity contribution in [3.8, 4) is 5.75 Å². The van der Waals surface area contributed by atoms with Crippen LogP contribution in [0.3, 0.4) is 0 Å². The number of urea groups is 1. The molecular formula is C24H31F2N3O2. The summed E-state index contributed by atoms with van der Waals surface area (Å²) in [6.45, 7) is 6.14. The maximum Gasteiger partial charge on any atom is 0.318 e. The monoisotopic (exact) mass is 431 g/mol. The topological polar surface area (TPSA) is 44.8 Å². The fraction of sp³-hybridized carbons (Fsp3) is 0.458. The van der Waals surface area contributed by atoms with Crippen LogP contribution >= 0.6 is 0 Å². The van der Waals surface area contributed by atoms with Crippen LogP contribution in [0.2, 0.25) is 0 Å². The van der Waals surface area contributed by atoms with Crippen molar-refractivity contribution in [2.45, 2.75) is 51.9 Å². The molecule has 2 aromatic carbocycles. The van der Waals surface area contributed by atoms with E-state index in [1.54, 1.807) is 4.90 Å². The van der Waals surface area contributed by atoms with Crippen molar-refractivity contribution in [1.29, 1.82) is 0 Å². The first-order chi connectivity index (χ1) is 14.8. The highest BCUT2D eigenvalue weighted by Crippen LogP contribution is 2.21. The van der Waals surface area contributed by atoms with Crippen molar-refractivity contribution >= 4 is 6.03 Å². The molecule has 0 saturated carbocycles. The van der Waals surface area contributed by atoms with Gasteiger partial charge in [0, 0.05) is 24.2 Å². The van der Waals surface area contributed by atoms with Gasteiger partial charge in [-0.3, -0.25) is 0 Å². The zero-order chi connectivity index (χ0) is 22.4. The molecular weight excluding hydrogens is 400 g/mol. The number of carbonyl (C=O) groups excluding carboxylic acids is 1. The highest BCUT2D eigenvalue weighted by molar-refractivity contribution is 5.74. The van der Waals surface area contributed by atoms with Crippen molar-refractivity contribution in [3.63, 3.8) is 0 Å². The van der Waals surface area contributed by atoms with E-state index in [0.29, 0.717) is 12.1 Å². The molecule has 1 fully saturated rings. The van der Waals surface area contributed by atoms with Gasteiger partial charge in [-0.05, 0) is 70.6 Å². The highest BCUT2D eigenvalue weighted by Gasteiger charge is 2.27. The predicted octanol–water partition coefficient (Wildman–Crippen LogP) is 4.56. The zero-order valence-corrected chi connectivity index (χ0v) is 18.4. The molecule has 0 unspecified atom stereocenters. The molecule has 2 amide bonds. The number of amides is 2. The van der Waals surface area contributed by atoms with Crippen LogP contribution < -0.4 is 10.1 Å². The van der Waals surface area contributed by atoms with Gasteiger partial charge in [-0.2, -0.15) is 0 Å². The Hall–Kier alpha value is -2.67. The van der Waals surface area contributed by atoms with Crippen LogP contribution in [0.1, 0.15) is 37.8 Å². The fourth-order valence-electron chi connectivity index (χ4n) is 3.74. The summed E-state index contributed by atoms with van der Waals surface area (Å²) in [6, 6.07) is 10.8. The zero-order valence-electron chi connectivity index (χ0n) is 18.4. The van der Waals surface area contributed by atoms with E-state index in [2.05, 4.69) is 10.2 Å². The molecule has 0 radical (unpaired) electrons. The summed E-state index contributed by atoms with van der Waals surface area (Å²) in [4.78, 5) is 17.0. The van der Waals surface area contributed by atoms with E-state index in [4.69, 9.17) is 4.74 Å². The van der Waals surface area contributed by atoms with E-state index in [1.807, 2.05) is 45.2 Å². The molecule has 7 heteroatoms. The molecule has 0 aliphatic carbocycles. The summed E-state index contributed by atoms with van der Waals surface area (Å²) in [6.07, 6.45) is 1.72. The Labute approximate surface area is 183 Å². The van der Waals surface area contributed by atoms with E-state index < -0.39 is 11.6 Å². The smallest absolute Gasteiger partial charge is 0.318 e. The van der Waals surface area contributed by atoms with E-state index in [-0.39, 0.29) is 24.7 Å².